The van der Waals surface area contributed by atoms with Gasteiger partial charge in [-0.05, 0) is 0 Å². The SMILES string of the molecule is O=S(=O)(O)OS(=O)(=O)O.[KH].[KH]. The van der Waals surface area contributed by atoms with Crippen molar-refractivity contribution < 1.29 is 29.6 Å². The van der Waals surface area contributed by atoms with Gasteiger partial charge in [0.1, 0.15) is 0 Å². The van der Waals surface area contributed by atoms with Gasteiger partial charge in [-0.1, -0.05) is 0 Å². The molecule has 60 valence electrons. The van der Waals surface area contributed by atoms with Crippen LogP contribution in [0.3, 0.4) is 0 Å². The molecule has 0 aromatic carbocycles. The summed E-state index contributed by atoms with van der Waals surface area (Å²) >= 11 is 0. The Morgan fingerprint density at radius 2 is 1.00 bits per heavy atom. The van der Waals surface area contributed by atoms with Crippen LogP contribution in [0.1, 0.15) is 0 Å². The number of hydrogen-bond donors (Lipinski definition) is 2. The molecule has 0 saturated carbocycles. The van der Waals surface area contributed by atoms with Gasteiger partial charge in [-0.15, -0.1) is 3.63 Å². The van der Waals surface area contributed by atoms with Crippen molar-refractivity contribution in [2.45, 2.75) is 0 Å². The third kappa shape index (κ3) is 19.5. The van der Waals surface area contributed by atoms with E-state index in [1.165, 1.54) is 0 Å². The van der Waals surface area contributed by atoms with E-state index in [0.717, 1.165) is 0 Å². The average Bonchev–Trinajstić information content (AvgIpc) is 1.14. The summed E-state index contributed by atoms with van der Waals surface area (Å²) in [5, 5.41) is 0. The van der Waals surface area contributed by atoms with Gasteiger partial charge in [0, 0.05) is 0 Å². The topological polar surface area (TPSA) is 118 Å². The molecule has 0 rings (SSSR count). The molecule has 2 N–H and O–H groups in total. The van der Waals surface area contributed by atoms with E-state index in [-0.39, 0.29) is 103 Å². The summed E-state index contributed by atoms with van der Waals surface area (Å²) in [4.78, 5) is 0. The van der Waals surface area contributed by atoms with E-state index in [1.54, 1.807) is 0 Å². The molecule has 11 heteroatoms. The van der Waals surface area contributed by atoms with Crippen molar-refractivity contribution in [3.63, 3.8) is 0 Å². The summed E-state index contributed by atoms with van der Waals surface area (Å²) in [5.74, 6) is 0. The second kappa shape index (κ2) is 7.36. The standard InChI is InChI=1S/2K.H2O7S2.2H/c;;1-8(2,3)7-9(4,5)6;;/h;;(H,1,2,3)(H,4,5,6);;. The Morgan fingerprint density at radius 1 is 0.818 bits per heavy atom. The Labute approximate surface area is 149 Å². The van der Waals surface area contributed by atoms with E-state index in [2.05, 4.69) is 3.63 Å². The molecule has 7 nitrogen and oxygen atoms in total. The van der Waals surface area contributed by atoms with Gasteiger partial charge in [-0.2, -0.15) is 16.8 Å². The number of rotatable bonds is 2. The van der Waals surface area contributed by atoms with Crippen LogP contribution in [0.5, 0.6) is 0 Å². The van der Waals surface area contributed by atoms with Crippen LogP contribution >= 0.6 is 0 Å². The first-order valence-corrected chi connectivity index (χ1v) is 4.10. The Morgan fingerprint density at radius 3 is 1.00 bits per heavy atom. The minimum atomic E-state index is -5.12. The van der Waals surface area contributed by atoms with Crippen molar-refractivity contribution in [2.24, 2.45) is 0 Å². The summed E-state index contributed by atoms with van der Waals surface area (Å²) < 4.78 is 55.6. The maximum absolute atomic E-state index is 9.44. The summed E-state index contributed by atoms with van der Waals surface area (Å²) in [6.07, 6.45) is 0. The first-order chi connectivity index (χ1) is 3.71. The van der Waals surface area contributed by atoms with Crippen LogP contribution in [-0.4, -0.2) is 129 Å². The van der Waals surface area contributed by atoms with Crippen LogP contribution in [0.2, 0.25) is 0 Å². The van der Waals surface area contributed by atoms with Crippen LogP contribution in [0.25, 0.3) is 0 Å². The molecule has 0 saturated heterocycles. The molecule has 0 spiro atoms. The molecular weight excluding hydrogens is 254 g/mol. The van der Waals surface area contributed by atoms with Gasteiger partial charge in [0.05, 0.1) is 0 Å². The summed E-state index contributed by atoms with van der Waals surface area (Å²) in [7, 11) is -10.2. The molecule has 0 unspecified atom stereocenters. The molecule has 0 atom stereocenters. The molecule has 0 aromatic heterocycles. The van der Waals surface area contributed by atoms with Crippen molar-refractivity contribution in [3.05, 3.63) is 0 Å². The van der Waals surface area contributed by atoms with Crippen LogP contribution < -0.4 is 0 Å². The normalized spacial score (nSPS) is 11.1. The van der Waals surface area contributed by atoms with E-state index in [9.17, 15) is 16.8 Å². The fraction of sp³-hybridized carbons (Fsp3) is 0. The van der Waals surface area contributed by atoms with Crippen molar-refractivity contribution in [2.75, 3.05) is 0 Å². The predicted molar refractivity (Wildman–Crippen MR) is 38.5 cm³/mol. The van der Waals surface area contributed by atoms with Gasteiger partial charge in [0.25, 0.3) is 0 Å². The van der Waals surface area contributed by atoms with E-state index in [0.29, 0.717) is 0 Å². The Bertz CT molecular complexity index is 240. The quantitative estimate of drug-likeness (QED) is 0.409. The molecule has 0 heterocycles. The van der Waals surface area contributed by atoms with Crippen molar-refractivity contribution in [1.82, 2.24) is 0 Å². The van der Waals surface area contributed by atoms with Crippen LogP contribution in [0.4, 0.5) is 0 Å². The molecule has 0 aliphatic carbocycles. The van der Waals surface area contributed by atoms with Crippen molar-refractivity contribution >= 4 is 124 Å². The molecule has 0 bridgehead atoms. The molecule has 0 radical (unpaired) electrons. The fourth-order valence-electron chi connectivity index (χ4n) is 0.109. The molecule has 0 amide bonds. The van der Waals surface area contributed by atoms with Gasteiger partial charge in [-0.3, -0.25) is 9.11 Å². The summed E-state index contributed by atoms with van der Waals surface area (Å²) in [6.45, 7) is 0. The van der Waals surface area contributed by atoms with E-state index in [1.807, 2.05) is 0 Å². The fourth-order valence-corrected chi connectivity index (χ4v) is 0.978. The van der Waals surface area contributed by atoms with E-state index >= 15 is 0 Å². The molecule has 0 fully saturated rings. The Balaban J connectivity index is -0.000000320. The summed E-state index contributed by atoms with van der Waals surface area (Å²) in [6, 6.07) is 0. The minimum absolute atomic E-state index is 0. The van der Waals surface area contributed by atoms with Gasteiger partial charge in [0.15, 0.2) is 0 Å². The maximum atomic E-state index is 9.44. The van der Waals surface area contributed by atoms with Crippen molar-refractivity contribution in [3.8, 4) is 0 Å². The third-order valence-electron chi connectivity index (χ3n) is 0.172. The molecule has 0 aliphatic rings. The van der Waals surface area contributed by atoms with Crippen molar-refractivity contribution in [1.29, 1.82) is 0 Å². The number of hydrogen-bond acceptors (Lipinski definition) is 5. The monoisotopic (exact) mass is 258 g/mol. The van der Waals surface area contributed by atoms with Gasteiger partial charge in [-0.25, -0.2) is 0 Å². The van der Waals surface area contributed by atoms with E-state index < -0.39 is 20.8 Å². The zero-order chi connectivity index (χ0) is 7.71. The first-order valence-electron chi connectivity index (χ1n) is 1.37. The molecule has 0 aromatic rings. The molecule has 11 heavy (non-hydrogen) atoms. The van der Waals surface area contributed by atoms with Gasteiger partial charge in [0.2, 0.25) is 0 Å². The molecule has 0 aliphatic heterocycles. The first kappa shape index (κ1) is 19.6. The van der Waals surface area contributed by atoms with Crippen LogP contribution in [-0.2, 0) is 24.4 Å². The van der Waals surface area contributed by atoms with Crippen LogP contribution in [0, 0.1) is 0 Å². The van der Waals surface area contributed by atoms with Gasteiger partial charge >= 0.3 is 124 Å². The predicted octanol–water partition coefficient (Wildman–Crippen LogP) is -2.69. The van der Waals surface area contributed by atoms with Gasteiger partial charge < -0.3 is 0 Å². The third-order valence-corrected chi connectivity index (χ3v) is 1.55. The Kier molecular flexibility index (Phi) is 13.1. The summed E-state index contributed by atoms with van der Waals surface area (Å²) in [5.41, 5.74) is 0. The Hall–Kier alpha value is 3.05. The second-order valence-electron chi connectivity index (χ2n) is 0.924. The molecular formula is H4K2O7S2. The zero-order valence-electron chi connectivity index (χ0n) is 3.75. The van der Waals surface area contributed by atoms with Crippen LogP contribution in [0.15, 0.2) is 0 Å². The average molecular weight is 258 g/mol. The van der Waals surface area contributed by atoms with E-state index in [4.69, 9.17) is 9.11 Å². The zero-order valence-corrected chi connectivity index (χ0v) is 5.39. The second-order valence-corrected chi connectivity index (χ2v) is 3.18.